The van der Waals surface area contributed by atoms with Crippen LogP contribution in [0.25, 0.3) is 6.08 Å². The summed E-state index contributed by atoms with van der Waals surface area (Å²) in [6, 6.07) is 23.6. The van der Waals surface area contributed by atoms with Crippen molar-refractivity contribution >= 4 is 17.7 Å². The molecule has 1 fully saturated rings. The van der Waals surface area contributed by atoms with Crippen LogP contribution in [0, 0.1) is 12.8 Å². The Kier molecular flexibility index (Phi) is 6.41. The molecule has 0 radical (unpaired) electrons. The van der Waals surface area contributed by atoms with Crippen LogP contribution < -0.4 is 9.47 Å². The number of fused-ring (bicyclic) bond motifs is 1. The van der Waals surface area contributed by atoms with E-state index in [0.717, 1.165) is 53.2 Å². The number of carbonyl (C=O) groups excluding carboxylic acids is 1. The maximum atomic E-state index is 13.7. The number of hydrogen-bond acceptors (Lipinski definition) is 4. The maximum absolute atomic E-state index is 13.7. The summed E-state index contributed by atoms with van der Waals surface area (Å²) < 4.78 is 10.7. The molecule has 2 aliphatic rings. The van der Waals surface area contributed by atoms with Crippen molar-refractivity contribution in [2.24, 2.45) is 11.0 Å². The van der Waals surface area contributed by atoms with E-state index in [2.05, 4.69) is 30.3 Å². The van der Waals surface area contributed by atoms with E-state index < -0.39 is 0 Å². The van der Waals surface area contributed by atoms with Gasteiger partial charge in [-0.3, -0.25) is 4.79 Å². The largest absolute Gasteiger partial charge is 0.497 e. The van der Waals surface area contributed by atoms with Crippen LogP contribution in [0.15, 0.2) is 83.5 Å². The predicted octanol–water partition coefficient (Wildman–Crippen LogP) is 6.45. The van der Waals surface area contributed by atoms with Crippen LogP contribution in [-0.2, 0) is 0 Å². The van der Waals surface area contributed by atoms with Gasteiger partial charge in [0.15, 0.2) is 0 Å². The quantitative estimate of drug-likeness (QED) is 0.434. The number of aryl methyl sites for hydroxylation is 1. The van der Waals surface area contributed by atoms with Crippen molar-refractivity contribution in [2.75, 3.05) is 14.2 Å². The number of amides is 1. The minimum Gasteiger partial charge on any atom is -0.497 e. The summed E-state index contributed by atoms with van der Waals surface area (Å²) >= 11 is 0. The van der Waals surface area contributed by atoms with Crippen molar-refractivity contribution in [3.05, 3.63) is 101 Å². The van der Waals surface area contributed by atoms with Gasteiger partial charge in [-0.05, 0) is 85.4 Å². The molecule has 0 N–H and O–H groups in total. The number of rotatable bonds is 5. The average Bonchev–Trinajstić information content (AvgIpc) is 3.30. The predicted molar refractivity (Wildman–Crippen MR) is 139 cm³/mol. The number of allylic oxidation sites excluding steroid dienone is 1. The zero-order valence-corrected chi connectivity index (χ0v) is 20.4. The van der Waals surface area contributed by atoms with E-state index in [1.54, 1.807) is 19.2 Å². The molecule has 3 aromatic rings. The molecule has 1 amide bonds. The first-order chi connectivity index (χ1) is 17.1. The summed E-state index contributed by atoms with van der Waals surface area (Å²) in [5.41, 5.74) is 6.17. The number of ether oxygens (including phenoxy) is 2. The molecule has 3 aromatic carbocycles. The minimum atomic E-state index is -0.149. The van der Waals surface area contributed by atoms with Crippen molar-refractivity contribution in [1.29, 1.82) is 0 Å². The van der Waals surface area contributed by atoms with Crippen LogP contribution in [0.1, 0.15) is 52.4 Å². The Morgan fingerprint density at radius 1 is 0.914 bits per heavy atom. The fourth-order valence-electron chi connectivity index (χ4n) is 5.03. The molecule has 2 atom stereocenters. The Morgan fingerprint density at radius 2 is 1.54 bits per heavy atom. The fourth-order valence-corrected chi connectivity index (χ4v) is 5.03. The Labute approximate surface area is 206 Å². The van der Waals surface area contributed by atoms with Crippen molar-refractivity contribution in [2.45, 2.75) is 32.2 Å². The van der Waals surface area contributed by atoms with Crippen molar-refractivity contribution in [3.8, 4) is 11.5 Å². The Balaban J connectivity index is 1.55. The third-order valence-electron chi connectivity index (χ3n) is 6.92. The highest BCUT2D eigenvalue weighted by molar-refractivity contribution is 6.09. The van der Waals surface area contributed by atoms with Crippen molar-refractivity contribution in [1.82, 2.24) is 5.01 Å². The van der Waals surface area contributed by atoms with E-state index in [1.807, 2.05) is 55.5 Å². The number of nitrogens with zero attached hydrogens (tertiary/aromatic N) is 2. The summed E-state index contributed by atoms with van der Waals surface area (Å²) in [6.45, 7) is 2.02. The van der Waals surface area contributed by atoms with Gasteiger partial charge in [0, 0.05) is 11.5 Å². The lowest BCUT2D eigenvalue weighted by Crippen LogP contribution is -2.31. The molecular formula is C30H30N2O3. The number of carbonyl (C=O) groups is 1. The summed E-state index contributed by atoms with van der Waals surface area (Å²) in [5.74, 6) is 1.71. The SMILES string of the molecule is COc1ccc(/C=C2\CCCC3C2=NN(C(=O)c2ccc(C)cc2)C3c2ccc(OC)cc2)cc1. The first-order valence-electron chi connectivity index (χ1n) is 12.0. The van der Waals surface area contributed by atoms with Crippen LogP contribution in [-0.4, -0.2) is 30.8 Å². The van der Waals surface area contributed by atoms with E-state index in [1.165, 1.54) is 5.57 Å². The van der Waals surface area contributed by atoms with Gasteiger partial charge in [-0.1, -0.05) is 42.0 Å². The van der Waals surface area contributed by atoms with E-state index in [9.17, 15) is 4.79 Å². The van der Waals surface area contributed by atoms with Crippen molar-refractivity contribution < 1.29 is 14.3 Å². The highest BCUT2D eigenvalue weighted by Crippen LogP contribution is 2.45. The summed E-state index contributed by atoms with van der Waals surface area (Å²) in [5, 5.41) is 6.70. The lowest BCUT2D eigenvalue weighted by atomic mass is 9.77. The van der Waals surface area contributed by atoms with Gasteiger partial charge in [0.2, 0.25) is 0 Å². The first kappa shape index (κ1) is 22.9. The zero-order chi connectivity index (χ0) is 24.4. The third-order valence-corrected chi connectivity index (χ3v) is 6.92. The highest BCUT2D eigenvalue weighted by atomic mass is 16.5. The smallest absolute Gasteiger partial charge is 0.274 e. The van der Waals surface area contributed by atoms with E-state index >= 15 is 0 Å². The molecule has 5 nitrogen and oxygen atoms in total. The summed E-state index contributed by atoms with van der Waals surface area (Å²) in [6.07, 6.45) is 5.21. The number of hydrogen-bond donors (Lipinski definition) is 0. The van der Waals surface area contributed by atoms with Crippen molar-refractivity contribution in [3.63, 3.8) is 0 Å². The van der Waals surface area contributed by atoms with E-state index in [-0.39, 0.29) is 17.9 Å². The van der Waals surface area contributed by atoms with Gasteiger partial charge in [-0.15, -0.1) is 0 Å². The van der Waals surface area contributed by atoms with Gasteiger partial charge >= 0.3 is 0 Å². The lowest BCUT2D eigenvalue weighted by molar-refractivity contribution is 0.0681. The Morgan fingerprint density at radius 3 is 2.17 bits per heavy atom. The average molecular weight is 467 g/mol. The van der Waals surface area contributed by atoms with Gasteiger partial charge < -0.3 is 9.47 Å². The first-order valence-corrected chi connectivity index (χ1v) is 12.0. The number of benzene rings is 3. The molecule has 35 heavy (non-hydrogen) atoms. The molecule has 0 spiro atoms. The fraction of sp³-hybridized carbons (Fsp3) is 0.267. The van der Waals surface area contributed by atoms with Gasteiger partial charge in [0.1, 0.15) is 11.5 Å². The van der Waals surface area contributed by atoms with Crippen LogP contribution in [0.4, 0.5) is 0 Å². The van der Waals surface area contributed by atoms with Gasteiger partial charge in [-0.25, -0.2) is 5.01 Å². The number of hydrazone groups is 1. The molecule has 0 bridgehead atoms. The second-order valence-corrected chi connectivity index (χ2v) is 9.16. The molecule has 1 saturated carbocycles. The van der Waals surface area contributed by atoms with Gasteiger partial charge in [0.25, 0.3) is 5.91 Å². The standard InChI is InChI=1S/C30H30N2O3/c1-20-7-11-23(12-8-20)30(33)32-29(22-13-17-26(35-3)18-14-22)27-6-4-5-24(28(27)31-32)19-21-9-15-25(34-2)16-10-21/h7-19,27,29H,4-6H2,1-3H3/b24-19+. The van der Waals surface area contributed by atoms with Gasteiger partial charge in [0.05, 0.1) is 26.0 Å². The Bertz CT molecular complexity index is 1260. The zero-order valence-electron chi connectivity index (χ0n) is 20.4. The van der Waals surface area contributed by atoms with Crippen LogP contribution >= 0.6 is 0 Å². The van der Waals surface area contributed by atoms with Crippen LogP contribution in [0.3, 0.4) is 0 Å². The normalized spacial score (nSPS) is 20.4. The van der Waals surface area contributed by atoms with E-state index in [4.69, 9.17) is 14.6 Å². The van der Waals surface area contributed by atoms with Crippen LogP contribution in [0.2, 0.25) is 0 Å². The topological polar surface area (TPSA) is 51.1 Å². The number of methoxy groups -OCH3 is 2. The molecule has 2 unspecified atom stereocenters. The second kappa shape index (κ2) is 9.79. The molecule has 178 valence electrons. The molecule has 5 rings (SSSR count). The van der Waals surface area contributed by atoms with Gasteiger partial charge in [-0.2, -0.15) is 5.10 Å². The van der Waals surface area contributed by atoms with Crippen LogP contribution in [0.5, 0.6) is 11.5 Å². The maximum Gasteiger partial charge on any atom is 0.274 e. The molecule has 0 saturated heterocycles. The lowest BCUT2D eigenvalue weighted by Gasteiger charge is -2.29. The molecule has 0 aromatic heterocycles. The monoisotopic (exact) mass is 466 g/mol. The molecule has 5 heteroatoms. The molecule has 1 heterocycles. The minimum absolute atomic E-state index is 0.0727. The summed E-state index contributed by atoms with van der Waals surface area (Å²) in [4.78, 5) is 13.7. The highest BCUT2D eigenvalue weighted by Gasteiger charge is 2.43. The Hall–Kier alpha value is -3.86. The molecule has 1 aliphatic heterocycles. The molecular weight excluding hydrogens is 436 g/mol. The second-order valence-electron chi connectivity index (χ2n) is 9.16. The summed E-state index contributed by atoms with van der Waals surface area (Å²) in [7, 11) is 3.34. The van der Waals surface area contributed by atoms with E-state index in [0.29, 0.717) is 5.56 Å². The third kappa shape index (κ3) is 4.59. The molecule has 1 aliphatic carbocycles.